The average molecular weight is 328 g/mol. The molecule has 0 radical (unpaired) electrons. The Balaban J connectivity index is 1.84. The molecule has 0 spiro atoms. The molecule has 0 atom stereocenters. The van der Waals surface area contributed by atoms with Gasteiger partial charge in [-0.05, 0) is 36.7 Å². The molecule has 1 N–H and O–H groups in total. The molecule has 2 aromatic carbocycles. The molecule has 0 amide bonds. The molecular formula is C16H16Cl2FNO. The summed E-state index contributed by atoms with van der Waals surface area (Å²) < 4.78 is 18.7. The SMILES string of the molecule is COc1ccc(CNCCc2ccc(Cl)cc2Cl)c(F)c1. The van der Waals surface area contributed by atoms with Crippen LogP contribution in [0.2, 0.25) is 10.0 Å². The van der Waals surface area contributed by atoms with Crippen LogP contribution in [0.3, 0.4) is 0 Å². The fourth-order valence-electron chi connectivity index (χ4n) is 1.97. The van der Waals surface area contributed by atoms with E-state index in [4.69, 9.17) is 27.9 Å². The number of nitrogens with one attached hydrogen (secondary N) is 1. The molecule has 0 aliphatic heterocycles. The molecule has 5 heteroatoms. The fourth-order valence-corrected chi connectivity index (χ4v) is 2.47. The highest BCUT2D eigenvalue weighted by Crippen LogP contribution is 2.21. The molecular weight excluding hydrogens is 312 g/mol. The summed E-state index contributed by atoms with van der Waals surface area (Å²) in [6.07, 6.45) is 0.758. The van der Waals surface area contributed by atoms with Crippen molar-refractivity contribution in [2.75, 3.05) is 13.7 Å². The number of ether oxygens (including phenoxy) is 1. The maximum atomic E-state index is 13.7. The van der Waals surface area contributed by atoms with Crippen molar-refractivity contribution in [3.8, 4) is 5.75 Å². The zero-order valence-corrected chi connectivity index (χ0v) is 13.1. The van der Waals surface area contributed by atoms with Crippen molar-refractivity contribution in [1.82, 2.24) is 5.32 Å². The maximum Gasteiger partial charge on any atom is 0.131 e. The highest BCUT2D eigenvalue weighted by Gasteiger charge is 2.04. The highest BCUT2D eigenvalue weighted by atomic mass is 35.5. The first-order chi connectivity index (χ1) is 10.1. The van der Waals surface area contributed by atoms with Gasteiger partial charge < -0.3 is 10.1 Å². The van der Waals surface area contributed by atoms with Gasteiger partial charge in [0, 0.05) is 28.2 Å². The van der Waals surface area contributed by atoms with Crippen molar-refractivity contribution >= 4 is 23.2 Å². The monoisotopic (exact) mass is 327 g/mol. The molecule has 0 fully saturated rings. The number of methoxy groups -OCH3 is 1. The van der Waals surface area contributed by atoms with E-state index in [1.807, 2.05) is 12.1 Å². The van der Waals surface area contributed by atoms with Crippen molar-refractivity contribution < 1.29 is 9.13 Å². The third-order valence-electron chi connectivity index (χ3n) is 3.16. The zero-order valence-electron chi connectivity index (χ0n) is 11.6. The second-order valence-electron chi connectivity index (χ2n) is 4.62. The standard InChI is InChI=1S/C16H16Cl2FNO/c1-21-14-5-3-12(16(19)9-14)10-20-7-6-11-2-4-13(17)8-15(11)18/h2-5,8-9,20H,6-7,10H2,1H3. The average Bonchev–Trinajstić information content (AvgIpc) is 2.46. The first kappa shape index (κ1) is 16.1. The van der Waals surface area contributed by atoms with Gasteiger partial charge in [-0.1, -0.05) is 35.3 Å². The van der Waals surface area contributed by atoms with Gasteiger partial charge in [0.25, 0.3) is 0 Å². The summed E-state index contributed by atoms with van der Waals surface area (Å²) in [5.74, 6) is 0.246. The van der Waals surface area contributed by atoms with Crippen LogP contribution in [0.25, 0.3) is 0 Å². The summed E-state index contributed by atoms with van der Waals surface area (Å²) in [7, 11) is 1.52. The van der Waals surface area contributed by atoms with Gasteiger partial charge in [0.15, 0.2) is 0 Å². The lowest BCUT2D eigenvalue weighted by atomic mass is 10.1. The Labute approximate surface area is 133 Å². The normalized spacial score (nSPS) is 10.7. The van der Waals surface area contributed by atoms with E-state index in [2.05, 4.69) is 5.32 Å². The largest absolute Gasteiger partial charge is 0.497 e. The molecule has 0 saturated carbocycles. The molecule has 2 aromatic rings. The fraction of sp³-hybridized carbons (Fsp3) is 0.250. The van der Waals surface area contributed by atoms with Crippen molar-refractivity contribution in [2.24, 2.45) is 0 Å². The first-order valence-corrected chi connectivity index (χ1v) is 7.33. The molecule has 21 heavy (non-hydrogen) atoms. The molecule has 112 valence electrons. The predicted octanol–water partition coefficient (Wildman–Crippen LogP) is 4.47. The molecule has 0 unspecified atom stereocenters. The lowest BCUT2D eigenvalue weighted by Gasteiger charge is -2.08. The van der Waals surface area contributed by atoms with E-state index in [1.54, 1.807) is 18.2 Å². The van der Waals surface area contributed by atoms with Gasteiger partial charge in [-0.25, -0.2) is 4.39 Å². The Kier molecular flexibility index (Phi) is 5.85. The Bertz CT molecular complexity index is 619. The number of hydrogen-bond donors (Lipinski definition) is 1. The van der Waals surface area contributed by atoms with Crippen molar-refractivity contribution in [1.29, 1.82) is 0 Å². The molecule has 2 nitrogen and oxygen atoms in total. The van der Waals surface area contributed by atoms with Crippen molar-refractivity contribution in [3.63, 3.8) is 0 Å². The van der Waals surface area contributed by atoms with Crippen LogP contribution < -0.4 is 10.1 Å². The summed E-state index contributed by atoms with van der Waals surface area (Å²) in [5, 5.41) is 4.47. The van der Waals surface area contributed by atoms with Gasteiger partial charge in [0.05, 0.1) is 7.11 Å². The number of halogens is 3. The summed E-state index contributed by atoms with van der Waals surface area (Å²) in [4.78, 5) is 0. The summed E-state index contributed by atoms with van der Waals surface area (Å²) in [5.41, 5.74) is 1.63. The number of benzene rings is 2. The van der Waals surface area contributed by atoms with E-state index in [1.165, 1.54) is 13.2 Å². The van der Waals surface area contributed by atoms with Crippen LogP contribution in [-0.4, -0.2) is 13.7 Å². The molecule has 0 saturated heterocycles. The van der Waals surface area contributed by atoms with Gasteiger partial charge in [-0.3, -0.25) is 0 Å². The first-order valence-electron chi connectivity index (χ1n) is 6.57. The Morgan fingerprint density at radius 1 is 1.10 bits per heavy atom. The molecule has 2 rings (SSSR count). The van der Waals surface area contributed by atoms with E-state index in [-0.39, 0.29) is 5.82 Å². The highest BCUT2D eigenvalue weighted by molar-refractivity contribution is 6.35. The van der Waals surface area contributed by atoms with Gasteiger partial charge >= 0.3 is 0 Å². The van der Waals surface area contributed by atoms with Crippen LogP contribution in [0.15, 0.2) is 36.4 Å². The van der Waals surface area contributed by atoms with E-state index < -0.39 is 0 Å². The molecule has 0 bridgehead atoms. The topological polar surface area (TPSA) is 21.3 Å². The number of hydrogen-bond acceptors (Lipinski definition) is 2. The van der Waals surface area contributed by atoms with Crippen LogP contribution in [0.5, 0.6) is 5.75 Å². The Hall–Kier alpha value is -1.29. The van der Waals surface area contributed by atoms with Crippen LogP contribution in [0, 0.1) is 5.82 Å². The minimum atomic E-state index is -0.272. The van der Waals surface area contributed by atoms with Crippen molar-refractivity contribution in [2.45, 2.75) is 13.0 Å². The van der Waals surface area contributed by atoms with Crippen LogP contribution in [-0.2, 0) is 13.0 Å². The second-order valence-corrected chi connectivity index (χ2v) is 5.46. The van der Waals surface area contributed by atoms with Crippen LogP contribution in [0.1, 0.15) is 11.1 Å². The van der Waals surface area contributed by atoms with Crippen LogP contribution in [0.4, 0.5) is 4.39 Å². The van der Waals surface area contributed by atoms with E-state index in [0.29, 0.717) is 34.4 Å². The van der Waals surface area contributed by atoms with E-state index in [0.717, 1.165) is 12.0 Å². The number of rotatable bonds is 6. The third-order valence-corrected chi connectivity index (χ3v) is 3.75. The molecule has 0 aromatic heterocycles. The summed E-state index contributed by atoms with van der Waals surface area (Å²) in [6, 6.07) is 10.3. The quantitative estimate of drug-likeness (QED) is 0.790. The third kappa shape index (κ3) is 4.60. The lowest BCUT2D eigenvalue weighted by Crippen LogP contribution is -2.17. The summed E-state index contributed by atoms with van der Waals surface area (Å²) >= 11 is 11.9. The predicted molar refractivity (Wildman–Crippen MR) is 84.8 cm³/mol. The Morgan fingerprint density at radius 2 is 1.86 bits per heavy atom. The lowest BCUT2D eigenvalue weighted by molar-refractivity contribution is 0.410. The van der Waals surface area contributed by atoms with Gasteiger partial charge in [0.2, 0.25) is 0 Å². The minimum absolute atomic E-state index is 0.272. The van der Waals surface area contributed by atoms with Gasteiger partial charge in [-0.15, -0.1) is 0 Å². The molecule has 0 aliphatic carbocycles. The van der Waals surface area contributed by atoms with E-state index >= 15 is 0 Å². The molecule has 0 aliphatic rings. The molecule has 0 heterocycles. The Morgan fingerprint density at radius 3 is 2.52 bits per heavy atom. The smallest absolute Gasteiger partial charge is 0.131 e. The van der Waals surface area contributed by atoms with Crippen LogP contribution >= 0.6 is 23.2 Å². The van der Waals surface area contributed by atoms with Gasteiger partial charge in [0.1, 0.15) is 11.6 Å². The minimum Gasteiger partial charge on any atom is -0.497 e. The van der Waals surface area contributed by atoms with Crippen molar-refractivity contribution in [3.05, 3.63) is 63.4 Å². The van der Waals surface area contributed by atoms with E-state index in [9.17, 15) is 4.39 Å². The zero-order chi connectivity index (χ0) is 15.2. The summed E-state index contributed by atoms with van der Waals surface area (Å²) in [6.45, 7) is 1.16. The maximum absolute atomic E-state index is 13.7. The van der Waals surface area contributed by atoms with Gasteiger partial charge in [-0.2, -0.15) is 0 Å². The second kappa shape index (κ2) is 7.64.